The summed E-state index contributed by atoms with van der Waals surface area (Å²) in [5.41, 5.74) is 3.65. The highest BCUT2D eigenvalue weighted by Gasteiger charge is 2.18. The Morgan fingerprint density at radius 3 is 2.21 bits per heavy atom. The third kappa shape index (κ3) is 5.26. The van der Waals surface area contributed by atoms with Gasteiger partial charge in [-0.25, -0.2) is 0 Å². The summed E-state index contributed by atoms with van der Waals surface area (Å²) in [5.74, 6) is 2.51. The number of aryl methyl sites for hydroxylation is 1. The largest absolute Gasteiger partial charge is 0.497 e. The first-order valence-corrected chi connectivity index (χ1v) is 11.6. The van der Waals surface area contributed by atoms with Crippen LogP contribution in [0.2, 0.25) is 0 Å². The normalized spacial score (nSPS) is 10.8. The third-order valence-electron chi connectivity index (χ3n) is 5.09. The number of nitrogens with zero attached hydrogens (tertiary/aromatic N) is 3. The van der Waals surface area contributed by atoms with Crippen LogP contribution in [0.15, 0.2) is 78.0 Å². The minimum atomic E-state index is 0.0208. The molecule has 0 spiro atoms. The molecular formula is C26H25N3O3S. The zero-order chi connectivity index (χ0) is 23.2. The van der Waals surface area contributed by atoms with E-state index in [9.17, 15) is 4.79 Å². The molecule has 0 N–H and O–H groups in total. The van der Waals surface area contributed by atoms with Gasteiger partial charge in [-0.15, -0.1) is 10.2 Å². The first-order valence-electron chi connectivity index (χ1n) is 10.6. The first-order chi connectivity index (χ1) is 16.1. The van der Waals surface area contributed by atoms with E-state index in [0.717, 1.165) is 28.3 Å². The lowest BCUT2D eigenvalue weighted by atomic mass is 10.1. The lowest BCUT2D eigenvalue weighted by molar-refractivity contribution is 0.102. The molecule has 0 bridgehead atoms. The summed E-state index contributed by atoms with van der Waals surface area (Å²) in [6.45, 7) is 4.57. The second kappa shape index (κ2) is 10.4. The first kappa shape index (κ1) is 22.6. The zero-order valence-corrected chi connectivity index (χ0v) is 19.6. The van der Waals surface area contributed by atoms with E-state index in [1.165, 1.54) is 11.8 Å². The van der Waals surface area contributed by atoms with E-state index >= 15 is 0 Å². The van der Waals surface area contributed by atoms with Crippen molar-refractivity contribution in [1.29, 1.82) is 0 Å². The molecule has 6 nitrogen and oxygen atoms in total. The number of hydrogen-bond donors (Lipinski definition) is 0. The SMILES string of the molecule is CCOc1ccc(C(=O)CSc2nnc(-c3ccc(OC)cc3)n2-c2ccc(C)cc2)cc1. The van der Waals surface area contributed by atoms with Crippen LogP contribution in [0.3, 0.4) is 0 Å². The van der Waals surface area contributed by atoms with Gasteiger partial charge >= 0.3 is 0 Å². The molecule has 33 heavy (non-hydrogen) atoms. The van der Waals surface area contributed by atoms with E-state index in [-0.39, 0.29) is 11.5 Å². The summed E-state index contributed by atoms with van der Waals surface area (Å²) in [6, 6.07) is 23.1. The molecule has 1 aromatic heterocycles. The molecule has 0 atom stereocenters. The van der Waals surface area contributed by atoms with Crippen molar-refractivity contribution in [2.24, 2.45) is 0 Å². The molecule has 0 saturated heterocycles. The van der Waals surface area contributed by atoms with Crippen LogP contribution in [0.4, 0.5) is 0 Å². The van der Waals surface area contributed by atoms with Gasteiger partial charge in [-0.2, -0.15) is 0 Å². The molecule has 168 valence electrons. The monoisotopic (exact) mass is 459 g/mol. The molecule has 4 aromatic rings. The van der Waals surface area contributed by atoms with Gasteiger partial charge in [-0.3, -0.25) is 9.36 Å². The van der Waals surface area contributed by atoms with Gasteiger partial charge in [0.15, 0.2) is 16.8 Å². The smallest absolute Gasteiger partial charge is 0.196 e. The highest BCUT2D eigenvalue weighted by molar-refractivity contribution is 7.99. The highest BCUT2D eigenvalue weighted by atomic mass is 32.2. The van der Waals surface area contributed by atoms with Crippen molar-refractivity contribution in [3.63, 3.8) is 0 Å². The van der Waals surface area contributed by atoms with Crippen molar-refractivity contribution in [2.45, 2.75) is 19.0 Å². The van der Waals surface area contributed by atoms with E-state index < -0.39 is 0 Å². The average molecular weight is 460 g/mol. The fraction of sp³-hybridized carbons (Fsp3) is 0.192. The van der Waals surface area contributed by atoms with Gasteiger partial charge in [-0.05, 0) is 74.5 Å². The maximum Gasteiger partial charge on any atom is 0.196 e. The zero-order valence-electron chi connectivity index (χ0n) is 18.8. The Labute approximate surface area is 197 Å². The van der Waals surface area contributed by atoms with Crippen molar-refractivity contribution < 1.29 is 14.3 Å². The number of rotatable bonds is 9. The number of ether oxygens (including phenoxy) is 2. The second-order valence-electron chi connectivity index (χ2n) is 7.37. The minimum absolute atomic E-state index is 0.0208. The maximum atomic E-state index is 12.8. The van der Waals surface area contributed by atoms with Gasteiger partial charge in [0, 0.05) is 16.8 Å². The predicted molar refractivity (Wildman–Crippen MR) is 131 cm³/mol. The number of benzene rings is 3. The van der Waals surface area contributed by atoms with Gasteiger partial charge in [0.1, 0.15) is 11.5 Å². The summed E-state index contributed by atoms with van der Waals surface area (Å²) in [7, 11) is 1.64. The predicted octanol–water partition coefficient (Wildman–Crippen LogP) is 5.63. The minimum Gasteiger partial charge on any atom is -0.497 e. The quantitative estimate of drug-likeness (QED) is 0.239. The molecule has 3 aromatic carbocycles. The van der Waals surface area contributed by atoms with Crippen molar-refractivity contribution in [3.05, 3.63) is 83.9 Å². The van der Waals surface area contributed by atoms with Crippen molar-refractivity contribution >= 4 is 17.5 Å². The van der Waals surface area contributed by atoms with Gasteiger partial charge in [-0.1, -0.05) is 29.5 Å². The van der Waals surface area contributed by atoms with E-state index in [1.807, 2.05) is 79.1 Å². The molecule has 0 fully saturated rings. The summed E-state index contributed by atoms with van der Waals surface area (Å²) < 4.78 is 12.7. The van der Waals surface area contributed by atoms with Crippen LogP contribution in [0, 0.1) is 6.92 Å². The Bertz CT molecular complexity index is 1220. The van der Waals surface area contributed by atoms with Gasteiger partial charge < -0.3 is 9.47 Å². The van der Waals surface area contributed by atoms with Gasteiger partial charge in [0.05, 0.1) is 19.5 Å². The Balaban J connectivity index is 1.61. The van der Waals surface area contributed by atoms with Gasteiger partial charge in [0.25, 0.3) is 0 Å². The lowest BCUT2D eigenvalue weighted by Crippen LogP contribution is -2.05. The number of thioether (sulfide) groups is 1. The molecule has 0 aliphatic heterocycles. The van der Waals surface area contributed by atoms with Crippen LogP contribution in [0.5, 0.6) is 11.5 Å². The second-order valence-corrected chi connectivity index (χ2v) is 8.32. The fourth-order valence-corrected chi connectivity index (χ4v) is 4.18. The summed E-state index contributed by atoms with van der Waals surface area (Å²) in [4.78, 5) is 12.8. The Morgan fingerprint density at radius 1 is 0.909 bits per heavy atom. The average Bonchev–Trinajstić information content (AvgIpc) is 3.27. The molecule has 0 aliphatic rings. The van der Waals surface area contributed by atoms with Crippen LogP contribution in [0.25, 0.3) is 17.1 Å². The van der Waals surface area contributed by atoms with E-state index in [2.05, 4.69) is 10.2 Å². The van der Waals surface area contributed by atoms with Crippen LogP contribution in [-0.2, 0) is 0 Å². The molecule has 0 saturated carbocycles. The van der Waals surface area contributed by atoms with Crippen LogP contribution < -0.4 is 9.47 Å². The fourth-order valence-electron chi connectivity index (χ4n) is 3.33. The molecule has 0 unspecified atom stereocenters. The lowest BCUT2D eigenvalue weighted by Gasteiger charge is -2.11. The van der Waals surface area contributed by atoms with Crippen molar-refractivity contribution in [2.75, 3.05) is 19.5 Å². The number of methoxy groups -OCH3 is 1. The topological polar surface area (TPSA) is 66.2 Å². The summed E-state index contributed by atoms with van der Waals surface area (Å²) in [6.07, 6.45) is 0. The number of carbonyl (C=O) groups is 1. The standard InChI is InChI=1S/C26H25N3O3S/c1-4-32-23-15-7-19(8-16-23)24(30)17-33-26-28-27-25(20-9-13-22(31-3)14-10-20)29(26)21-11-5-18(2)6-12-21/h5-16H,4,17H2,1-3H3. The number of hydrogen-bond acceptors (Lipinski definition) is 6. The van der Waals surface area contributed by atoms with Crippen LogP contribution >= 0.6 is 11.8 Å². The number of aromatic nitrogens is 3. The maximum absolute atomic E-state index is 12.8. The van der Waals surface area contributed by atoms with E-state index in [1.54, 1.807) is 19.2 Å². The molecule has 1 heterocycles. The van der Waals surface area contributed by atoms with Crippen LogP contribution in [0.1, 0.15) is 22.8 Å². The molecule has 0 radical (unpaired) electrons. The Morgan fingerprint density at radius 2 is 1.58 bits per heavy atom. The van der Waals surface area contributed by atoms with Crippen molar-refractivity contribution in [3.8, 4) is 28.6 Å². The van der Waals surface area contributed by atoms with Gasteiger partial charge in [0.2, 0.25) is 0 Å². The van der Waals surface area contributed by atoms with E-state index in [0.29, 0.717) is 23.2 Å². The highest BCUT2D eigenvalue weighted by Crippen LogP contribution is 2.29. The van der Waals surface area contributed by atoms with E-state index in [4.69, 9.17) is 9.47 Å². The third-order valence-corrected chi connectivity index (χ3v) is 6.02. The molecule has 0 aliphatic carbocycles. The Hall–Kier alpha value is -3.58. The number of Topliss-reactive ketones (excluding diaryl/α,β-unsaturated/α-hetero) is 1. The molecule has 7 heteroatoms. The summed E-state index contributed by atoms with van der Waals surface area (Å²) >= 11 is 1.37. The summed E-state index contributed by atoms with van der Waals surface area (Å²) in [5, 5.41) is 9.51. The molecule has 0 amide bonds. The van der Waals surface area contributed by atoms with Crippen molar-refractivity contribution in [1.82, 2.24) is 14.8 Å². The van der Waals surface area contributed by atoms with Crippen LogP contribution in [-0.4, -0.2) is 40.0 Å². The Kier molecular flexibility index (Phi) is 7.10. The molecule has 4 rings (SSSR count). The number of carbonyl (C=O) groups excluding carboxylic acids is 1. The number of ketones is 1. The molecular weight excluding hydrogens is 434 g/mol.